The van der Waals surface area contributed by atoms with Crippen LogP contribution in [0.3, 0.4) is 0 Å². The molecule has 0 aliphatic rings. The monoisotopic (exact) mass is 303 g/mol. The second-order valence-corrected chi connectivity index (χ2v) is 7.25. The third kappa shape index (κ3) is 2.64. The molecule has 0 spiro atoms. The third-order valence-electron chi connectivity index (χ3n) is 3.25. The fourth-order valence-corrected chi connectivity index (χ4v) is 4.00. The molecule has 0 saturated carbocycles. The van der Waals surface area contributed by atoms with Crippen LogP contribution in [0.2, 0.25) is 0 Å². The summed E-state index contributed by atoms with van der Waals surface area (Å²) in [7, 11) is 0. The summed E-state index contributed by atoms with van der Waals surface area (Å²) in [6.45, 7) is 4.32. The van der Waals surface area contributed by atoms with Crippen LogP contribution in [0.25, 0.3) is 10.2 Å². The van der Waals surface area contributed by atoms with Crippen LogP contribution in [0.5, 0.6) is 0 Å². The van der Waals surface area contributed by atoms with Crippen molar-refractivity contribution in [2.75, 3.05) is 11.1 Å². The summed E-state index contributed by atoms with van der Waals surface area (Å²) >= 11 is 3.47. The highest BCUT2D eigenvalue weighted by molar-refractivity contribution is 7.16. The van der Waals surface area contributed by atoms with Crippen molar-refractivity contribution in [3.8, 4) is 0 Å². The van der Waals surface area contributed by atoms with Crippen LogP contribution < -0.4 is 11.1 Å². The average molecular weight is 303 g/mol. The molecule has 0 radical (unpaired) electrons. The van der Waals surface area contributed by atoms with Crippen LogP contribution in [-0.4, -0.2) is 11.0 Å². The van der Waals surface area contributed by atoms with E-state index in [4.69, 9.17) is 5.73 Å². The predicted molar refractivity (Wildman–Crippen MR) is 89.9 cm³/mol. The predicted octanol–water partition coefficient (Wildman–Crippen LogP) is 4.29. The van der Waals surface area contributed by atoms with Crippen molar-refractivity contribution in [3.05, 3.63) is 39.5 Å². The van der Waals surface area contributed by atoms with E-state index < -0.39 is 0 Å². The van der Waals surface area contributed by atoms with Crippen molar-refractivity contribution < 1.29 is 0 Å². The topological polar surface area (TPSA) is 50.9 Å². The number of rotatable bonds is 4. The third-order valence-corrected chi connectivity index (χ3v) is 5.06. The first-order valence-electron chi connectivity index (χ1n) is 6.57. The van der Waals surface area contributed by atoms with E-state index >= 15 is 0 Å². The van der Waals surface area contributed by atoms with Gasteiger partial charge in [-0.15, -0.1) is 22.7 Å². The minimum Gasteiger partial charge on any atom is -0.395 e. The number of hydrogen-bond donors (Lipinski definition) is 2. The molecule has 3 N–H and O–H groups in total. The number of benzene rings is 1. The summed E-state index contributed by atoms with van der Waals surface area (Å²) in [6.07, 6.45) is 1.01. The molecule has 0 bridgehead atoms. The van der Waals surface area contributed by atoms with Crippen LogP contribution in [0, 0.1) is 6.92 Å². The Morgan fingerprint density at radius 1 is 1.30 bits per heavy atom. The molecular weight excluding hydrogens is 286 g/mol. The summed E-state index contributed by atoms with van der Waals surface area (Å²) in [5.74, 6) is 0. The highest BCUT2D eigenvalue weighted by atomic mass is 32.1. The number of nitrogens with two attached hydrogens (primary N) is 1. The maximum absolute atomic E-state index is 6.19. The highest BCUT2D eigenvalue weighted by Gasteiger charge is 2.10. The Bertz CT molecular complexity index is 730. The van der Waals surface area contributed by atoms with Gasteiger partial charge in [0.2, 0.25) is 0 Å². The molecule has 20 heavy (non-hydrogen) atoms. The van der Waals surface area contributed by atoms with E-state index in [9.17, 15) is 0 Å². The zero-order chi connectivity index (χ0) is 14.1. The Hall–Kier alpha value is -1.59. The van der Waals surface area contributed by atoms with Gasteiger partial charge < -0.3 is 11.1 Å². The number of thiophene rings is 1. The molecule has 0 aliphatic carbocycles. The van der Waals surface area contributed by atoms with Gasteiger partial charge in [0.25, 0.3) is 0 Å². The maximum Gasteiger partial charge on any atom is 0.106 e. The van der Waals surface area contributed by atoms with Gasteiger partial charge >= 0.3 is 0 Å². The first-order valence-corrected chi connectivity index (χ1v) is 8.26. The van der Waals surface area contributed by atoms with E-state index in [2.05, 4.69) is 42.3 Å². The number of nitrogens with zero attached hydrogens (tertiary/aromatic N) is 1. The minimum absolute atomic E-state index is 0.339. The van der Waals surface area contributed by atoms with Crippen molar-refractivity contribution in [2.24, 2.45) is 0 Å². The van der Waals surface area contributed by atoms with E-state index in [-0.39, 0.29) is 0 Å². The maximum atomic E-state index is 6.19. The van der Waals surface area contributed by atoms with Gasteiger partial charge in [0.05, 0.1) is 21.6 Å². The van der Waals surface area contributed by atoms with Gasteiger partial charge in [-0.1, -0.05) is 0 Å². The second-order valence-electron chi connectivity index (χ2n) is 4.99. The van der Waals surface area contributed by atoms with Gasteiger partial charge in [0.1, 0.15) is 5.52 Å². The fourth-order valence-electron chi connectivity index (χ4n) is 2.29. The van der Waals surface area contributed by atoms with Crippen LogP contribution in [0.1, 0.15) is 16.7 Å². The number of thiazole rings is 1. The van der Waals surface area contributed by atoms with Gasteiger partial charge in [0, 0.05) is 22.2 Å². The molecule has 104 valence electrons. The molecule has 0 saturated heterocycles. The van der Waals surface area contributed by atoms with Crippen LogP contribution in [0.15, 0.2) is 29.8 Å². The smallest absolute Gasteiger partial charge is 0.106 e. The Morgan fingerprint density at radius 2 is 2.15 bits per heavy atom. The van der Waals surface area contributed by atoms with E-state index in [1.165, 1.54) is 9.75 Å². The number of fused-ring (bicyclic) bond motifs is 1. The van der Waals surface area contributed by atoms with Crippen LogP contribution in [0.4, 0.5) is 11.4 Å². The molecular formula is C15H17N3S2. The number of hydrogen-bond acceptors (Lipinski definition) is 5. The summed E-state index contributed by atoms with van der Waals surface area (Å²) in [5.41, 5.74) is 10.7. The van der Waals surface area contributed by atoms with Gasteiger partial charge in [0.15, 0.2) is 0 Å². The number of nitrogen functional groups attached to an aromatic ring is 1. The van der Waals surface area contributed by atoms with E-state index in [1.54, 1.807) is 11.3 Å². The normalized spacial score (nSPS) is 12.7. The van der Waals surface area contributed by atoms with Crippen molar-refractivity contribution >= 4 is 44.3 Å². The first kappa shape index (κ1) is 13.4. The molecule has 0 amide bonds. The lowest BCUT2D eigenvalue weighted by Crippen LogP contribution is -2.18. The Labute approximate surface area is 126 Å². The quantitative estimate of drug-likeness (QED) is 0.707. The molecule has 2 heterocycles. The zero-order valence-electron chi connectivity index (χ0n) is 11.5. The molecule has 1 aromatic carbocycles. The van der Waals surface area contributed by atoms with Gasteiger partial charge in [-0.3, -0.25) is 0 Å². The molecule has 3 aromatic rings. The van der Waals surface area contributed by atoms with Crippen molar-refractivity contribution in [1.29, 1.82) is 0 Å². The lowest BCUT2D eigenvalue weighted by Gasteiger charge is -2.16. The summed E-state index contributed by atoms with van der Waals surface area (Å²) in [5, 5.41) is 3.50. The summed E-state index contributed by atoms with van der Waals surface area (Å²) in [6, 6.07) is 8.83. The lowest BCUT2D eigenvalue weighted by molar-refractivity contribution is 0.801. The molecule has 1 unspecified atom stereocenters. The zero-order valence-corrected chi connectivity index (χ0v) is 13.1. The largest absolute Gasteiger partial charge is 0.395 e. The van der Waals surface area contributed by atoms with E-state index in [0.29, 0.717) is 6.04 Å². The van der Waals surface area contributed by atoms with Gasteiger partial charge in [-0.25, -0.2) is 4.98 Å². The summed E-state index contributed by atoms with van der Waals surface area (Å²) < 4.78 is 1.13. The Kier molecular flexibility index (Phi) is 3.63. The number of aromatic nitrogens is 1. The molecule has 2 aromatic heterocycles. The average Bonchev–Trinajstić information content (AvgIpc) is 3.02. The Morgan fingerprint density at radius 3 is 2.90 bits per heavy atom. The van der Waals surface area contributed by atoms with E-state index in [1.807, 2.05) is 22.9 Å². The molecule has 1 atom stereocenters. The minimum atomic E-state index is 0.339. The van der Waals surface area contributed by atoms with Crippen LogP contribution >= 0.6 is 22.7 Å². The Balaban J connectivity index is 1.76. The molecule has 0 aliphatic heterocycles. The van der Waals surface area contributed by atoms with Crippen molar-refractivity contribution in [2.45, 2.75) is 26.3 Å². The van der Waals surface area contributed by atoms with Crippen molar-refractivity contribution in [3.63, 3.8) is 0 Å². The van der Waals surface area contributed by atoms with E-state index in [0.717, 1.165) is 28.0 Å². The standard InChI is InChI=1S/C15H17N3S2/c1-9(7-11-4-3-10(2)20-11)18-12-5-6-13-15(14(12)16)17-8-19-13/h3-6,8-9,18H,7,16H2,1-2H3. The van der Waals surface area contributed by atoms with Crippen LogP contribution in [-0.2, 0) is 6.42 Å². The number of nitrogens with one attached hydrogen (secondary N) is 1. The molecule has 0 fully saturated rings. The molecule has 3 nitrogen and oxygen atoms in total. The number of anilines is 2. The lowest BCUT2D eigenvalue weighted by atomic mass is 10.1. The van der Waals surface area contributed by atoms with Gasteiger partial charge in [-0.05, 0) is 38.1 Å². The fraction of sp³-hybridized carbons (Fsp3) is 0.267. The van der Waals surface area contributed by atoms with Gasteiger partial charge in [-0.2, -0.15) is 0 Å². The highest BCUT2D eigenvalue weighted by Crippen LogP contribution is 2.30. The SMILES string of the molecule is Cc1ccc(CC(C)Nc2ccc3scnc3c2N)s1. The molecule has 3 rings (SSSR count). The molecule has 5 heteroatoms. The van der Waals surface area contributed by atoms with Crippen molar-refractivity contribution in [1.82, 2.24) is 4.98 Å². The second kappa shape index (κ2) is 5.42. The first-order chi connectivity index (χ1) is 9.63. The summed E-state index contributed by atoms with van der Waals surface area (Å²) in [4.78, 5) is 7.09. The number of aryl methyl sites for hydroxylation is 1.